The number of nitriles is 2. The van der Waals surface area contributed by atoms with Gasteiger partial charge in [-0.25, -0.2) is 0 Å². The van der Waals surface area contributed by atoms with Gasteiger partial charge >= 0.3 is 0 Å². The fourth-order valence-corrected chi connectivity index (χ4v) is 4.39. The van der Waals surface area contributed by atoms with Crippen LogP contribution < -0.4 is 4.74 Å². The smallest absolute Gasteiger partial charge is 0.166 e. The van der Waals surface area contributed by atoms with Gasteiger partial charge in [0.25, 0.3) is 0 Å². The summed E-state index contributed by atoms with van der Waals surface area (Å²) < 4.78 is 6.34. The second-order valence-corrected chi connectivity index (χ2v) is 7.79. The Morgan fingerprint density at radius 1 is 0.935 bits per heavy atom. The van der Waals surface area contributed by atoms with E-state index in [1.54, 1.807) is 0 Å². The van der Waals surface area contributed by atoms with Crippen molar-refractivity contribution in [3.8, 4) is 23.6 Å². The number of hydrogen-bond donors (Lipinski definition) is 1. The molecule has 0 bridgehead atoms. The number of phenolic OH excluding ortho intramolecular Hbond substituents is 1. The molecule has 1 N–H and O–H groups in total. The average Bonchev–Trinajstić information content (AvgIpc) is 3.12. The van der Waals surface area contributed by atoms with Crippen molar-refractivity contribution in [3.63, 3.8) is 0 Å². The van der Waals surface area contributed by atoms with Crippen LogP contribution in [0.15, 0.2) is 60.4 Å². The van der Waals surface area contributed by atoms with Gasteiger partial charge in [0.05, 0.1) is 0 Å². The number of benzene rings is 3. The molecule has 0 heterocycles. The highest BCUT2D eigenvalue weighted by atomic mass is 35.5. The van der Waals surface area contributed by atoms with E-state index >= 15 is 0 Å². The molecule has 3 aromatic carbocycles. The number of aromatic hydroxyl groups is 1. The zero-order valence-corrected chi connectivity index (χ0v) is 18.0. The molecular weight excluding hydrogens is 431 g/mol. The third-order valence-corrected chi connectivity index (χ3v) is 6.21. The Morgan fingerprint density at radius 3 is 2.23 bits per heavy atom. The van der Waals surface area contributed by atoms with Crippen LogP contribution in [0.3, 0.4) is 0 Å². The van der Waals surface area contributed by atoms with Crippen molar-refractivity contribution in [2.45, 2.75) is 19.3 Å². The molecule has 152 valence electrons. The summed E-state index contributed by atoms with van der Waals surface area (Å²) in [5.74, 6) is -0.0126. The third-order valence-electron chi connectivity index (χ3n) is 5.39. The maximum atomic E-state index is 10.2. The number of ether oxygens (including phenoxy) is 1. The molecule has 0 saturated heterocycles. The van der Waals surface area contributed by atoms with Crippen molar-refractivity contribution in [1.29, 1.82) is 10.5 Å². The molecular formula is C25H16Cl2N2O2. The highest BCUT2D eigenvalue weighted by molar-refractivity contribution is 6.44. The van der Waals surface area contributed by atoms with Crippen LogP contribution in [0.25, 0.3) is 5.57 Å². The summed E-state index contributed by atoms with van der Waals surface area (Å²) in [4.78, 5) is 0. The van der Waals surface area contributed by atoms with Crippen molar-refractivity contribution in [1.82, 2.24) is 0 Å². The Bertz CT molecular complexity index is 1300. The lowest BCUT2D eigenvalue weighted by atomic mass is 9.97. The average molecular weight is 447 g/mol. The lowest BCUT2D eigenvalue weighted by Crippen LogP contribution is -2.07. The van der Waals surface area contributed by atoms with Gasteiger partial charge in [0.1, 0.15) is 39.1 Å². The summed E-state index contributed by atoms with van der Waals surface area (Å²) in [5.41, 5.74) is 3.58. The first-order chi connectivity index (χ1) is 15.0. The molecule has 0 spiro atoms. The lowest BCUT2D eigenvalue weighted by molar-refractivity contribution is 0.385. The summed E-state index contributed by atoms with van der Waals surface area (Å²) in [6.45, 7) is 2.05. The minimum absolute atomic E-state index is 0.0294. The highest BCUT2D eigenvalue weighted by Gasteiger charge is 2.34. The maximum Gasteiger partial charge on any atom is 0.166 e. The molecule has 0 saturated carbocycles. The van der Waals surface area contributed by atoms with Crippen molar-refractivity contribution >= 4 is 28.8 Å². The van der Waals surface area contributed by atoms with E-state index < -0.39 is 5.75 Å². The molecule has 1 aliphatic carbocycles. The van der Waals surface area contributed by atoms with Gasteiger partial charge in [-0.15, -0.1) is 0 Å². The molecule has 1 aliphatic rings. The van der Waals surface area contributed by atoms with E-state index in [4.69, 9.17) is 27.9 Å². The Kier molecular flexibility index (Phi) is 5.61. The molecule has 31 heavy (non-hydrogen) atoms. The van der Waals surface area contributed by atoms with E-state index in [9.17, 15) is 15.6 Å². The van der Waals surface area contributed by atoms with Crippen LogP contribution in [0, 0.1) is 22.7 Å². The topological polar surface area (TPSA) is 77.0 Å². The Balaban J connectivity index is 2.00. The SMILES string of the molecule is CCC1C(Oc2c(Cl)c(Cl)c(O)c(C#N)c2C#N)=C(c2ccccc2)c2ccccc21. The first-order valence-corrected chi connectivity index (χ1v) is 10.4. The van der Waals surface area contributed by atoms with E-state index in [1.165, 1.54) is 0 Å². The summed E-state index contributed by atoms with van der Waals surface area (Å²) in [5, 5.41) is 29.0. The molecule has 0 aromatic heterocycles. The fourth-order valence-electron chi connectivity index (χ4n) is 3.98. The number of fused-ring (bicyclic) bond motifs is 1. The molecule has 3 aromatic rings. The largest absolute Gasteiger partial charge is 0.505 e. The number of rotatable bonds is 4. The van der Waals surface area contributed by atoms with Gasteiger partial charge < -0.3 is 9.84 Å². The van der Waals surface area contributed by atoms with Gasteiger partial charge in [0.2, 0.25) is 0 Å². The summed E-state index contributed by atoms with van der Waals surface area (Å²) >= 11 is 12.5. The van der Waals surface area contributed by atoms with Crippen LogP contribution in [0.2, 0.25) is 10.0 Å². The first kappa shape index (κ1) is 20.8. The molecule has 4 nitrogen and oxygen atoms in total. The van der Waals surface area contributed by atoms with Crippen molar-refractivity contribution in [2.24, 2.45) is 0 Å². The summed E-state index contributed by atoms with van der Waals surface area (Å²) in [6, 6.07) is 21.6. The predicted molar refractivity (Wildman–Crippen MR) is 120 cm³/mol. The third kappa shape index (κ3) is 3.31. The number of allylic oxidation sites excluding steroid dienone is 1. The molecule has 0 aliphatic heterocycles. The maximum absolute atomic E-state index is 10.2. The van der Waals surface area contributed by atoms with Crippen molar-refractivity contribution < 1.29 is 9.84 Å². The molecule has 4 rings (SSSR count). The minimum atomic E-state index is -0.530. The van der Waals surface area contributed by atoms with E-state index in [0.29, 0.717) is 5.76 Å². The Labute approximate surface area is 190 Å². The van der Waals surface area contributed by atoms with Gasteiger partial charge in [-0.3, -0.25) is 0 Å². The standard InChI is InChI=1S/C25H16Cl2N2O2/c1-2-15-16-10-6-7-11-17(16)20(14-8-4-3-5-9-14)24(15)31-25-19(13-29)18(12-28)23(30)21(26)22(25)27/h3-11,15,30H,2H2,1H3. The second kappa shape index (κ2) is 8.36. The van der Waals surface area contributed by atoms with Crippen LogP contribution in [0.5, 0.6) is 11.5 Å². The molecule has 6 heteroatoms. The monoisotopic (exact) mass is 446 g/mol. The molecule has 0 fully saturated rings. The fraction of sp³-hybridized carbons (Fsp3) is 0.120. The summed E-state index contributed by atoms with van der Waals surface area (Å²) in [6.07, 6.45) is 0.749. The normalized spacial score (nSPS) is 14.7. The zero-order chi connectivity index (χ0) is 22.1. The predicted octanol–water partition coefficient (Wildman–Crippen LogP) is 6.79. The minimum Gasteiger partial charge on any atom is -0.505 e. The second-order valence-electron chi connectivity index (χ2n) is 7.03. The molecule has 0 amide bonds. The Morgan fingerprint density at radius 2 is 1.58 bits per heavy atom. The quantitative estimate of drug-likeness (QED) is 0.478. The number of hydrogen-bond acceptors (Lipinski definition) is 4. The van der Waals surface area contributed by atoms with Gasteiger partial charge in [0.15, 0.2) is 11.5 Å². The molecule has 1 atom stereocenters. The molecule has 1 unspecified atom stereocenters. The van der Waals surface area contributed by atoms with E-state index in [2.05, 4.69) is 13.0 Å². The van der Waals surface area contributed by atoms with Gasteiger partial charge in [0, 0.05) is 11.5 Å². The van der Waals surface area contributed by atoms with E-state index in [1.807, 2.05) is 60.7 Å². The lowest BCUT2D eigenvalue weighted by Gasteiger charge is -2.19. The van der Waals surface area contributed by atoms with Crippen LogP contribution in [0.4, 0.5) is 0 Å². The van der Waals surface area contributed by atoms with Crippen LogP contribution in [-0.4, -0.2) is 5.11 Å². The van der Waals surface area contributed by atoms with Crippen molar-refractivity contribution in [2.75, 3.05) is 0 Å². The number of phenols is 1. The number of nitrogens with zero attached hydrogens (tertiary/aromatic N) is 2. The van der Waals surface area contributed by atoms with E-state index in [0.717, 1.165) is 28.7 Å². The zero-order valence-electron chi connectivity index (χ0n) is 16.5. The highest BCUT2D eigenvalue weighted by Crippen LogP contribution is 2.50. The van der Waals surface area contributed by atoms with Gasteiger partial charge in [-0.05, 0) is 23.1 Å². The van der Waals surface area contributed by atoms with E-state index in [-0.39, 0.29) is 32.8 Å². The van der Waals surface area contributed by atoms with Crippen LogP contribution in [-0.2, 0) is 0 Å². The Hall–Kier alpha value is -3.44. The summed E-state index contributed by atoms with van der Waals surface area (Å²) in [7, 11) is 0. The van der Waals surface area contributed by atoms with Crippen LogP contribution in [0.1, 0.15) is 47.1 Å². The van der Waals surface area contributed by atoms with Gasteiger partial charge in [-0.1, -0.05) is 84.7 Å². The van der Waals surface area contributed by atoms with Crippen LogP contribution >= 0.6 is 23.2 Å². The first-order valence-electron chi connectivity index (χ1n) is 9.64. The number of halogens is 2. The van der Waals surface area contributed by atoms with Crippen molar-refractivity contribution in [3.05, 3.63) is 98.2 Å². The van der Waals surface area contributed by atoms with Gasteiger partial charge in [-0.2, -0.15) is 10.5 Å². The molecule has 0 radical (unpaired) electrons.